The van der Waals surface area contributed by atoms with E-state index in [4.69, 9.17) is 0 Å². The highest BCUT2D eigenvalue weighted by molar-refractivity contribution is 7.13. The number of rotatable bonds is 7. The van der Waals surface area contributed by atoms with Crippen molar-refractivity contribution in [2.24, 2.45) is 5.92 Å². The Kier molecular flexibility index (Phi) is 6.46. The summed E-state index contributed by atoms with van der Waals surface area (Å²) in [7, 11) is 0. The molecule has 1 fully saturated rings. The van der Waals surface area contributed by atoms with Crippen LogP contribution in [0.3, 0.4) is 0 Å². The molecule has 7 heteroatoms. The molecule has 1 saturated heterocycles. The van der Waals surface area contributed by atoms with Gasteiger partial charge in [-0.25, -0.2) is 4.98 Å². The number of aromatic nitrogens is 1. The van der Waals surface area contributed by atoms with Gasteiger partial charge in [0.1, 0.15) is 0 Å². The Bertz CT molecular complexity index is 792. The number of thiazole rings is 1. The van der Waals surface area contributed by atoms with Gasteiger partial charge in [0.15, 0.2) is 5.13 Å². The molecule has 2 heterocycles. The molecular formula is C21H28N4O2S. The quantitative estimate of drug-likeness (QED) is 0.737. The number of anilines is 2. The maximum Gasteiger partial charge on any atom is 0.243 e. The minimum absolute atomic E-state index is 0.00209. The van der Waals surface area contributed by atoms with Gasteiger partial charge >= 0.3 is 0 Å². The van der Waals surface area contributed by atoms with E-state index >= 15 is 0 Å². The van der Waals surface area contributed by atoms with E-state index in [-0.39, 0.29) is 29.3 Å². The van der Waals surface area contributed by atoms with Crippen LogP contribution in [0.2, 0.25) is 0 Å². The molecule has 2 amide bonds. The maximum absolute atomic E-state index is 12.8. The molecule has 1 aromatic heterocycles. The van der Waals surface area contributed by atoms with Crippen LogP contribution in [0.25, 0.3) is 0 Å². The van der Waals surface area contributed by atoms with Gasteiger partial charge in [0.25, 0.3) is 0 Å². The number of amides is 2. The Morgan fingerprint density at radius 3 is 2.71 bits per heavy atom. The lowest BCUT2D eigenvalue weighted by Crippen LogP contribution is -2.52. The van der Waals surface area contributed by atoms with Crippen LogP contribution >= 0.6 is 11.3 Å². The molecule has 2 unspecified atom stereocenters. The third kappa shape index (κ3) is 4.97. The summed E-state index contributed by atoms with van der Waals surface area (Å²) in [4.78, 5) is 31.8. The lowest BCUT2D eigenvalue weighted by atomic mass is 9.88. The number of nitrogens with zero attached hydrogens (tertiary/aromatic N) is 2. The molecule has 150 valence electrons. The number of carbonyl (C=O) groups excluding carboxylic acids is 2. The molecule has 28 heavy (non-hydrogen) atoms. The van der Waals surface area contributed by atoms with Crippen molar-refractivity contribution >= 4 is 34.0 Å². The first-order chi connectivity index (χ1) is 13.4. The molecule has 1 aromatic carbocycles. The summed E-state index contributed by atoms with van der Waals surface area (Å²) in [6.07, 6.45) is 4.16. The predicted octanol–water partition coefficient (Wildman–Crippen LogP) is 3.99. The molecule has 3 rings (SSSR count). The fraction of sp³-hybridized carbons (Fsp3) is 0.476. The number of likely N-dealkylation sites (tertiary alicyclic amines) is 1. The molecule has 0 aliphatic carbocycles. The van der Waals surface area contributed by atoms with E-state index in [1.807, 2.05) is 42.6 Å². The highest BCUT2D eigenvalue weighted by Crippen LogP contribution is 2.32. The largest absolute Gasteiger partial charge is 0.326 e. The molecule has 6 nitrogen and oxygen atoms in total. The fourth-order valence-corrected chi connectivity index (χ4v) is 4.52. The monoisotopic (exact) mass is 400 g/mol. The van der Waals surface area contributed by atoms with Crippen LogP contribution in [-0.4, -0.2) is 39.8 Å². The number of benzene rings is 1. The van der Waals surface area contributed by atoms with Crippen molar-refractivity contribution in [2.45, 2.75) is 51.6 Å². The van der Waals surface area contributed by atoms with Gasteiger partial charge in [-0.15, -0.1) is 11.3 Å². The Balaban J connectivity index is 1.61. The number of hydrogen-bond donors (Lipinski definition) is 2. The first-order valence-electron chi connectivity index (χ1n) is 9.70. The average Bonchev–Trinajstić information content (AvgIpc) is 3.34. The smallest absolute Gasteiger partial charge is 0.243 e. The maximum atomic E-state index is 12.8. The van der Waals surface area contributed by atoms with Crippen LogP contribution in [0.5, 0.6) is 0 Å². The molecule has 2 atom stereocenters. The molecule has 0 radical (unpaired) electrons. The Labute approximate surface area is 170 Å². The standard InChI is InChI=1S/C21H28N4O2S/c1-15(18(26)23-16-8-5-4-6-9-16)14-21(2,3)25-12-7-10-17(25)19(27)24-20-22-11-13-28-20/h4-6,8-9,11,13,15,17H,7,10,12,14H2,1-3H3,(H,23,26)(H,22,24,27). The van der Waals surface area contributed by atoms with E-state index in [2.05, 4.69) is 34.4 Å². The zero-order valence-electron chi connectivity index (χ0n) is 16.6. The lowest BCUT2D eigenvalue weighted by molar-refractivity contribution is -0.123. The van der Waals surface area contributed by atoms with Crippen LogP contribution in [-0.2, 0) is 9.59 Å². The minimum Gasteiger partial charge on any atom is -0.326 e. The summed E-state index contributed by atoms with van der Waals surface area (Å²) in [5.74, 6) is -0.178. The van der Waals surface area contributed by atoms with Gasteiger partial charge in [0, 0.05) is 28.7 Å². The number of para-hydroxylation sites is 1. The summed E-state index contributed by atoms with van der Waals surface area (Å²) in [6.45, 7) is 7.04. The second kappa shape index (κ2) is 8.84. The van der Waals surface area contributed by atoms with Crippen molar-refractivity contribution in [1.29, 1.82) is 0 Å². The zero-order chi connectivity index (χ0) is 20.1. The third-order valence-electron chi connectivity index (χ3n) is 5.29. The van der Waals surface area contributed by atoms with Crippen LogP contribution in [0.1, 0.15) is 40.0 Å². The highest BCUT2D eigenvalue weighted by Gasteiger charge is 2.41. The van der Waals surface area contributed by atoms with E-state index < -0.39 is 0 Å². The summed E-state index contributed by atoms with van der Waals surface area (Å²) in [5.41, 5.74) is 0.536. The minimum atomic E-state index is -0.269. The number of nitrogens with one attached hydrogen (secondary N) is 2. The molecular weight excluding hydrogens is 372 g/mol. The normalized spacial score (nSPS) is 18.6. The number of hydrogen-bond acceptors (Lipinski definition) is 5. The van der Waals surface area contributed by atoms with Gasteiger partial charge in [-0.05, 0) is 51.8 Å². The third-order valence-corrected chi connectivity index (χ3v) is 5.98. The second-order valence-corrected chi connectivity index (χ2v) is 8.85. The molecule has 0 saturated carbocycles. The Morgan fingerprint density at radius 2 is 2.04 bits per heavy atom. The molecule has 1 aliphatic heterocycles. The van der Waals surface area contributed by atoms with E-state index in [9.17, 15) is 9.59 Å². The van der Waals surface area contributed by atoms with Gasteiger partial charge in [-0.3, -0.25) is 14.5 Å². The van der Waals surface area contributed by atoms with E-state index in [0.717, 1.165) is 25.1 Å². The van der Waals surface area contributed by atoms with Crippen molar-refractivity contribution in [3.05, 3.63) is 41.9 Å². The van der Waals surface area contributed by atoms with E-state index in [0.29, 0.717) is 11.6 Å². The van der Waals surface area contributed by atoms with Crippen molar-refractivity contribution < 1.29 is 9.59 Å². The van der Waals surface area contributed by atoms with Crippen LogP contribution in [0, 0.1) is 5.92 Å². The van der Waals surface area contributed by atoms with Crippen LogP contribution in [0.4, 0.5) is 10.8 Å². The summed E-state index contributed by atoms with van der Waals surface area (Å²) < 4.78 is 0. The summed E-state index contributed by atoms with van der Waals surface area (Å²) in [6, 6.07) is 9.31. The second-order valence-electron chi connectivity index (χ2n) is 7.95. The predicted molar refractivity (Wildman–Crippen MR) is 113 cm³/mol. The Morgan fingerprint density at radius 1 is 1.29 bits per heavy atom. The fourth-order valence-electron chi connectivity index (χ4n) is 3.98. The highest BCUT2D eigenvalue weighted by atomic mass is 32.1. The first kappa shape index (κ1) is 20.5. The van der Waals surface area contributed by atoms with Crippen molar-refractivity contribution in [2.75, 3.05) is 17.2 Å². The first-order valence-corrected chi connectivity index (χ1v) is 10.6. The molecule has 0 bridgehead atoms. The van der Waals surface area contributed by atoms with Gasteiger partial charge in [0.2, 0.25) is 11.8 Å². The van der Waals surface area contributed by atoms with Crippen LogP contribution in [0.15, 0.2) is 41.9 Å². The zero-order valence-corrected chi connectivity index (χ0v) is 17.5. The molecule has 0 spiro atoms. The molecule has 2 N–H and O–H groups in total. The lowest BCUT2D eigenvalue weighted by Gasteiger charge is -2.40. The topological polar surface area (TPSA) is 74.3 Å². The van der Waals surface area contributed by atoms with Gasteiger partial charge in [0.05, 0.1) is 6.04 Å². The van der Waals surface area contributed by atoms with Crippen molar-refractivity contribution in [1.82, 2.24) is 9.88 Å². The summed E-state index contributed by atoms with van der Waals surface area (Å²) >= 11 is 1.42. The SMILES string of the molecule is CC(CC(C)(C)N1CCCC1C(=O)Nc1nccs1)C(=O)Nc1ccccc1. The van der Waals surface area contributed by atoms with Gasteiger partial charge in [-0.1, -0.05) is 25.1 Å². The summed E-state index contributed by atoms with van der Waals surface area (Å²) in [5, 5.41) is 8.37. The van der Waals surface area contributed by atoms with Crippen molar-refractivity contribution in [3.63, 3.8) is 0 Å². The van der Waals surface area contributed by atoms with Crippen LogP contribution < -0.4 is 10.6 Å². The van der Waals surface area contributed by atoms with E-state index in [1.165, 1.54) is 11.3 Å². The van der Waals surface area contributed by atoms with E-state index in [1.54, 1.807) is 6.20 Å². The average molecular weight is 401 g/mol. The molecule has 1 aliphatic rings. The molecule has 2 aromatic rings. The van der Waals surface area contributed by atoms with Gasteiger partial charge in [-0.2, -0.15) is 0 Å². The van der Waals surface area contributed by atoms with Crippen molar-refractivity contribution in [3.8, 4) is 0 Å². The van der Waals surface area contributed by atoms with Gasteiger partial charge < -0.3 is 10.6 Å². The number of carbonyl (C=O) groups is 2. The Hall–Kier alpha value is -2.25.